The summed E-state index contributed by atoms with van der Waals surface area (Å²) in [7, 11) is 0. The number of ketones is 1. The number of aromatic nitrogens is 1. The van der Waals surface area contributed by atoms with E-state index in [1.54, 1.807) is 6.26 Å². The number of furan rings is 1. The number of hydrogen-bond donors (Lipinski definition) is 0. The molecule has 0 atom stereocenters. The predicted octanol–water partition coefficient (Wildman–Crippen LogP) is 6.36. The zero-order valence-electron chi connectivity index (χ0n) is 15.0. The first-order chi connectivity index (χ1) is 13.7. The van der Waals surface area contributed by atoms with Gasteiger partial charge in [-0.05, 0) is 54.8 Å². The lowest BCUT2D eigenvalue weighted by Gasteiger charge is -2.22. The van der Waals surface area contributed by atoms with E-state index in [1.165, 1.54) is 0 Å². The van der Waals surface area contributed by atoms with Crippen LogP contribution in [0.2, 0.25) is 5.02 Å². The topological polar surface area (TPSA) is 43.1 Å². The van der Waals surface area contributed by atoms with Crippen LogP contribution in [0.1, 0.15) is 28.2 Å². The first-order valence-electron chi connectivity index (χ1n) is 9.17. The quantitative estimate of drug-likeness (QED) is 0.377. The first-order valence-corrected chi connectivity index (χ1v) is 9.55. The summed E-state index contributed by atoms with van der Waals surface area (Å²) in [5.41, 5.74) is 5.00. The molecule has 4 aromatic rings. The number of allylic oxidation sites excluding steroid dienone is 1. The maximum Gasteiger partial charge on any atom is 0.191 e. The Morgan fingerprint density at radius 1 is 0.964 bits per heavy atom. The van der Waals surface area contributed by atoms with E-state index in [4.69, 9.17) is 21.0 Å². The van der Waals surface area contributed by atoms with Crippen molar-refractivity contribution in [3.8, 4) is 11.1 Å². The third kappa shape index (κ3) is 2.85. The van der Waals surface area contributed by atoms with Crippen LogP contribution in [0.15, 0.2) is 76.9 Å². The summed E-state index contributed by atoms with van der Waals surface area (Å²) in [5.74, 6) is 0.690. The van der Waals surface area contributed by atoms with Gasteiger partial charge in [-0.3, -0.25) is 9.78 Å². The maximum atomic E-state index is 13.5. The fourth-order valence-electron chi connectivity index (χ4n) is 3.83. The van der Waals surface area contributed by atoms with Crippen molar-refractivity contribution in [3.05, 3.63) is 94.5 Å². The number of hydrogen-bond acceptors (Lipinski definition) is 3. The molecule has 0 spiro atoms. The van der Waals surface area contributed by atoms with Crippen LogP contribution in [0, 0.1) is 0 Å². The van der Waals surface area contributed by atoms with Crippen molar-refractivity contribution in [1.29, 1.82) is 0 Å². The summed E-state index contributed by atoms with van der Waals surface area (Å²) in [4.78, 5) is 18.3. The molecule has 0 radical (unpaired) electrons. The van der Waals surface area contributed by atoms with Gasteiger partial charge in [-0.15, -0.1) is 0 Å². The molecular weight excluding hydrogens is 370 g/mol. The molecule has 1 aliphatic carbocycles. The largest absolute Gasteiger partial charge is 0.465 e. The number of pyridine rings is 1. The van der Waals surface area contributed by atoms with Gasteiger partial charge in [0.2, 0.25) is 0 Å². The molecule has 0 unspecified atom stereocenters. The fourth-order valence-corrected chi connectivity index (χ4v) is 4.00. The Labute approximate surface area is 167 Å². The number of carbonyl (C=O) groups excluding carboxylic acids is 1. The lowest BCUT2D eigenvalue weighted by molar-refractivity contribution is 0.102. The van der Waals surface area contributed by atoms with Crippen LogP contribution in [0.3, 0.4) is 0 Å². The SMILES string of the molecule is O=C1/C(=C\c2ccco2)CCc2nc3ccc(Cl)cc3c(-c3ccccc3)c21. The normalized spacial score (nSPS) is 15.2. The van der Waals surface area contributed by atoms with Crippen LogP contribution in [-0.4, -0.2) is 10.8 Å². The van der Waals surface area contributed by atoms with E-state index in [1.807, 2.05) is 66.7 Å². The Kier molecular flexibility index (Phi) is 4.10. The molecule has 0 bridgehead atoms. The lowest BCUT2D eigenvalue weighted by atomic mass is 9.83. The molecule has 5 rings (SSSR count). The molecule has 3 nitrogen and oxygen atoms in total. The van der Waals surface area contributed by atoms with E-state index in [2.05, 4.69) is 0 Å². The van der Waals surface area contributed by atoms with Crippen molar-refractivity contribution < 1.29 is 9.21 Å². The Bertz CT molecular complexity index is 1220. The second-order valence-corrected chi connectivity index (χ2v) is 7.29. The summed E-state index contributed by atoms with van der Waals surface area (Å²) in [6.45, 7) is 0. The zero-order valence-corrected chi connectivity index (χ0v) is 15.7. The molecule has 28 heavy (non-hydrogen) atoms. The Morgan fingerprint density at radius 3 is 2.61 bits per heavy atom. The van der Waals surface area contributed by atoms with Crippen LogP contribution in [0.25, 0.3) is 28.1 Å². The number of rotatable bonds is 2. The maximum absolute atomic E-state index is 13.5. The van der Waals surface area contributed by atoms with Crippen molar-refractivity contribution in [1.82, 2.24) is 4.98 Å². The summed E-state index contributed by atoms with van der Waals surface area (Å²) in [6, 6.07) is 19.3. The number of aryl methyl sites for hydroxylation is 1. The van der Waals surface area contributed by atoms with Crippen molar-refractivity contribution in [2.75, 3.05) is 0 Å². The third-order valence-corrected chi connectivity index (χ3v) is 5.33. The van der Waals surface area contributed by atoms with Gasteiger partial charge in [0.15, 0.2) is 5.78 Å². The first kappa shape index (κ1) is 17.0. The average Bonchev–Trinajstić information content (AvgIpc) is 3.23. The minimum Gasteiger partial charge on any atom is -0.465 e. The molecule has 0 amide bonds. The van der Waals surface area contributed by atoms with Gasteiger partial charge < -0.3 is 4.42 Å². The van der Waals surface area contributed by atoms with E-state index in [9.17, 15) is 4.79 Å². The molecule has 2 heterocycles. The molecule has 0 saturated heterocycles. The van der Waals surface area contributed by atoms with E-state index >= 15 is 0 Å². The van der Waals surface area contributed by atoms with Gasteiger partial charge in [0.25, 0.3) is 0 Å². The third-order valence-electron chi connectivity index (χ3n) is 5.09. The smallest absolute Gasteiger partial charge is 0.191 e. The van der Waals surface area contributed by atoms with Gasteiger partial charge in [-0.1, -0.05) is 41.9 Å². The van der Waals surface area contributed by atoms with Crippen LogP contribution < -0.4 is 0 Å². The molecule has 2 aromatic carbocycles. The highest BCUT2D eigenvalue weighted by molar-refractivity contribution is 6.31. The van der Waals surface area contributed by atoms with Crippen molar-refractivity contribution in [2.45, 2.75) is 12.8 Å². The molecule has 0 saturated carbocycles. The Hall–Kier alpha value is -3.17. The van der Waals surface area contributed by atoms with Gasteiger partial charge in [0.05, 0.1) is 23.0 Å². The molecule has 0 N–H and O–H groups in total. The standard InChI is InChI=1S/C24H16ClNO2/c25-17-9-11-20-19(14-17)22(15-5-2-1-3-6-15)23-21(26-20)10-8-16(24(23)27)13-18-7-4-12-28-18/h1-7,9,11-14H,8,10H2/b16-13-. The predicted molar refractivity (Wildman–Crippen MR) is 112 cm³/mol. The second-order valence-electron chi connectivity index (χ2n) is 6.85. The van der Waals surface area contributed by atoms with E-state index in [0.29, 0.717) is 29.2 Å². The lowest BCUT2D eigenvalue weighted by Crippen LogP contribution is -2.17. The number of carbonyl (C=O) groups is 1. The number of benzene rings is 2. The van der Waals surface area contributed by atoms with Crippen molar-refractivity contribution >= 4 is 34.4 Å². The Balaban J connectivity index is 1.80. The van der Waals surface area contributed by atoms with Gasteiger partial charge in [0, 0.05) is 21.5 Å². The average molecular weight is 386 g/mol. The molecule has 4 heteroatoms. The van der Waals surface area contributed by atoms with Crippen LogP contribution in [-0.2, 0) is 6.42 Å². The van der Waals surface area contributed by atoms with Crippen LogP contribution in [0.5, 0.6) is 0 Å². The van der Waals surface area contributed by atoms with Gasteiger partial charge >= 0.3 is 0 Å². The van der Waals surface area contributed by atoms with E-state index in [0.717, 1.165) is 33.3 Å². The highest BCUT2D eigenvalue weighted by atomic mass is 35.5. The van der Waals surface area contributed by atoms with Crippen LogP contribution in [0.4, 0.5) is 0 Å². The van der Waals surface area contributed by atoms with Gasteiger partial charge in [-0.25, -0.2) is 0 Å². The fraction of sp³-hybridized carbons (Fsp3) is 0.0833. The molecule has 2 aromatic heterocycles. The zero-order chi connectivity index (χ0) is 19.1. The number of fused-ring (bicyclic) bond motifs is 2. The number of halogens is 1. The Morgan fingerprint density at radius 2 is 1.82 bits per heavy atom. The molecule has 0 aliphatic heterocycles. The summed E-state index contributed by atoms with van der Waals surface area (Å²) >= 11 is 6.28. The summed E-state index contributed by atoms with van der Waals surface area (Å²) in [6.07, 6.45) is 4.81. The molecular formula is C24H16ClNO2. The highest BCUT2D eigenvalue weighted by Crippen LogP contribution is 2.39. The monoisotopic (exact) mass is 385 g/mol. The van der Waals surface area contributed by atoms with E-state index < -0.39 is 0 Å². The van der Waals surface area contributed by atoms with Gasteiger partial charge in [-0.2, -0.15) is 0 Å². The summed E-state index contributed by atoms with van der Waals surface area (Å²) in [5, 5.41) is 1.52. The summed E-state index contributed by atoms with van der Waals surface area (Å²) < 4.78 is 5.41. The minimum atomic E-state index is 0.00544. The number of nitrogens with zero attached hydrogens (tertiary/aromatic N) is 1. The van der Waals surface area contributed by atoms with Crippen molar-refractivity contribution in [2.24, 2.45) is 0 Å². The van der Waals surface area contributed by atoms with E-state index in [-0.39, 0.29) is 5.78 Å². The minimum absolute atomic E-state index is 0.00544. The highest BCUT2D eigenvalue weighted by Gasteiger charge is 2.28. The van der Waals surface area contributed by atoms with Crippen LogP contribution >= 0.6 is 11.6 Å². The number of Topliss-reactive ketones (excluding diaryl/α,β-unsaturated/α-hetero) is 1. The second kappa shape index (κ2) is 6.77. The van der Waals surface area contributed by atoms with Gasteiger partial charge in [0.1, 0.15) is 5.76 Å². The van der Waals surface area contributed by atoms with Crippen molar-refractivity contribution in [3.63, 3.8) is 0 Å². The molecule has 1 aliphatic rings. The molecule has 136 valence electrons. The molecule has 0 fully saturated rings.